The minimum absolute atomic E-state index is 0.865. The van der Waals surface area contributed by atoms with E-state index in [9.17, 15) is 0 Å². The average molecular weight is 387 g/mol. The maximum atomic E-state index is 4.40. The lowest BCUT2D eigenvalue weighted by Crippen LogP contribution is -2.39. The summed E-state index contributed by atoms with van der Waals surface area (Å²) < 4.78 is 2.33. The summed E-state index contributed by atoms with van der Waals surface area (Å²) in [5, 5.41) is 15.5. The molecule has 7 heteroatoms. The maximum Gasteiger partial charge on any atom is 0.191 e. The van der Waals surface area contributed by atoms with Crippen LogP contribution in [0.1, 0.15) is 37.3 Å². The molecule has 3 rings (SSSR count). The van der Waals surface area contributed by atoms with Gasteiger partial charge in [-0.25, -0.2) is 0 Å². The van der Waals surface area contributed by atoms with E-state index >= 15 is 0 Å². The highest BCUT2D eigenvalue weighted by Crippen LogP contribution is 2.16. The summed E-state index contributed by atoms with van der Waals surface area (Å²) in [5.41, 5.74) is 0. The van der Waals surface area contributed by atoms with Gasteiger partial charge in [-0.1, -0.05) is 24.6 Å². The first-order chi connectivity index (χ1) is 13.4. The number of nitrogens with one attached hydrogen (secondary N) is 2. The summed E-state index contributed by atoms with van der Waals surface area (Å²) in [6.45, 7) is 2.85. The average Bonchev–Trinajstić information content (AvgIpc) is 2.93. The van der Waals surface area contributed by atoms with E-state index in [1.54, 1.807) is 0 Å². The molecule has 0 aliphatic carbocycles. The summed E-state index contributed by atoms with van der Waals surface area (Å²) in [5.74, 6) is 4.18. The maximum absolute atomic E-state index is 4.40. The molecule has 2 heterocycles. The quantitative estimate of drug-likeness (QED) is 0.316. The smallest absolute Gasteiger partial charge is 0.191 e. The highest BCUT2D eigenvalue weighted by atomic mass is 32.2. The molecule has 0 saturated heterocycles. The number of benzene rings is 1. The minimum atomic E-state index is 0.865. The standard InChI is InChI=1S/C20H30N6S/c1-21-20(23-14-16-27-17-9-4-2-5-10-17)22-13-8-12-19-25-24-18-11-6-3-7-15-26(18)19/h2,4-5,9-10H,3,6-8,11-16H2,1H3,(H2,21,22,23). The molecule has 2 aromatic rings. The van der Waals surface area contributed by atoms with Crippen molar-refractivity contribution in [2.24, 2.45) is 4.99 Å². The molecule has 0 fully saturated rings. The van der Waals surface area contributed by atoms with Crippen LogP contribution >= 0.6 is 11.8 Å². The normalized spacial score (nSPS) is 14.5. The molecule has 0 amide bonds. The molecular weight excluding hydrogens is 356 g/mol. The molecular formula is C20H30N6S. The van der Waals surface area contributed by atoms with Crippen LogP contribution < -0.4 is 10.6 Å². The predicted molar refractivity (Wildman–Crippen MR) is 112 cm³/mol. The minimum Gasteiger partial charge on any atom is -0.356 e. The first kappa shape index (κ1) is 19.7. The zero-order valence-corrected chi connectivity index (χ0v) is 17.0. The van der Waals surface area contributed by atoms with Crippen LogP contribution in [0.3, 0.4) is 0 Å². The molecule has 0 spiro atoms. The molecule has 146 valence electrons. The number of hydrogen-bond acceptors (Lipinski definition) is 4. The van der Waals surface area contributed by atoms with Crippen LogP contribution in [0.15, 0.2) is 40.2 Å². The number of aromatic nitrogens is 3. The van der Waals surface area contributed by atoms with Crippen molar-refractivity contribution >= 4 is 17.7 Å². The highest BCUT2D eigenvalue weighted by Gasteiger charge is 2.14. The largest absolute Gasteiger partial charge is 0.356 e. The van der Waals surface area contributed by atoms with Gasteiger partial charge in [0.1, 0.15) is 11.6 Å². The van der Waals surface area contributed by atoms with Crippen LogP contribution in [-0.4, -0.2) is 46.6 Å². The SMILES string of the molecule is CN=C(NCCCc1nnc2n1CCCCC2)NCCSc1ccccc1. The van der Waals surface area contributed by atoms with E-state index in [0.717, 1.165) is 56.4 Å². The Balaban J connectivity index is 1.32. The van der Waals surface area contributed by atoms with Gasteiger partial charge in [-0.3, -0.25) is 4.99 Å². The van der Waals surface area contributed by atoms with E-state index in [2.05, 4.69) is 54.7 Å². The van der Waals surface area contributed by atoms with Gasteiger partial charge in [0.05, 0.1) is 0 Å². The van der Waals surface area contributed by atoms with Gasteiger partial charge < -0.3 is 15.2 Å². The molecule has 0 bridgehead atoms. The topological polar surface area (TPSA) is 67.1 Å². The van der Waals surface area contributed by atoms with E-state index in [1.807, 2.05) is 24.9 Å². The number of nitrogens with zero attached hydrogens (tertiary/aromatic N) is 4. The number of rotatable bonds is 8. The van der Waals surface area contributed by atoms with Crippen molar-refractivity contribution in [3.63, 3.8) is 0 Å². The Morgan fingerprint density at radius 2 is 1.96 bits per heavy atom. The monoisotopic (exact) mass is 386 g/mol. The zero-order valence-electron chi connectivity index (χ0n) is 16.2. The third-order valence-corrected chi connectivity index (χ3v) is 5.70. The van der Waals surface area contributed by atoms with Crippen molar-refractivity contribution in [2.45, 2.75) is 50.0 Å². The lowest BCUT2D eigenvalue weighted by Gasteiger charge is -2.12. The molecule has 1 aliphatic heterocycles. The number of fused-ring (bicyclic) bond motifs is 1. The van der Waals surface area contributed by atoms with Gasteiger partial charge in [0, 0.05) is 50.2 Å². The van der Waals surface area contributed by atoms with Crippen LogP contribution in [0.25, 0.3) is 0 Å². The van der Waals surface area contributed by atoms with Crippen molar-refractivity contribution in [1.29, 1.82) is 0 Å². The molecule has 6 nitrogen and oxygen atoms in total. The zero-order chi connectivity index (χ0) is 18.7. The first-order valence-corrected chi connectivity index (χ1v) is 10.9. The second kappa shape index (κ2) is 11.0. The fraction of sp³-hybridized carbons (Fsp3) is 0.550. The van der Waals surface area contributed by atoms with Gasteiger partial charge >= 0.3 is 0 Å². The van der Waals surface area contributed by atoms with Crippen molar-refractivity contribution in [1.82, 2.24) is 25.4 Å². The summed E-state index contributed by atoms with van der Waals surface area (Å²) >= 11 is 1.85. The molecule has 0 unspecified atom stereocenters. The second-order valence-electron chi connectivity index (χ2n) is 6.69. The van der Waals surface area contributed by atoms with Crippen LogP contribution in [0.2, 0.25) is 0 Å². The summed E-state index contributed by atoms with van der Waals surface area (Å²) in [6.07, 6.45) is 6.84. The Hall–Kier alpha value is -2.02. The van der Waals surface area contributed by atoms with Gasteiger partial charge in [0.2, 0.25) is 0 Å². The lowest BCUT2D eigenvalue weighted by molar-refractivity contribution is 0.594. The molecule has 1 aromatic heterocycles. The Kier molecular flexibility index (Phi) is 8.02. The van der Waals surface area contributed by atoms with E-state index in [-0.39, 0.29) is 0 Å². The molecule has 0 radical (unpaired) electrons. The van der Waals surface area contributed by atoms with E-state index in [0.29, 0.717) is 0 Å². The van der Waals surface area contributed by atoms with Crippen molar-refractivity contribution in [2.75, 3.05) is 25.9 Å². The van der Waals surface area contributed by atoms with E-state index < -0.39 is 0 Å². The molecule has 27 heavy (non-hydrogen) atoms. The van der Waals surface area contributed by atoms with E-state index in [4.69, 9.17) is 0 Å². The number of thioether (sulfide) groups is 1. The summed E-state index contributed by atoms with van der Waals surface area (Å²) in [6, 6.07) is 10.5. The predicted octanol–water partition coefficient (Wildman–Crippen LogP) is 2.89. The van der Waals surface area contributed by atoms with Gasteiger partial charge in [0.25, 0.3) is 0 Å². The summed E-state index contributed by atoms with van der Waals surface area (Å²) in [4.78, 5) is 5.60. The van der Waals surface area contributed by atoms with Gasteiger partial charge in [-0.15, -0.1) is 22.0 Å². The van der Waals surface area contributed by atoms with Crippen LogP contribution in [-0.2, 0) is 19.4 Å². The first-order valence-electron chi connectivity index (χ1n) is 9.90. The van der Waals surface area contributed by atoms with Crippen molar-refractivity contribution in [3.8, 4) is 0 Å². The Morgan fingerprint density at radius 1 is 1.11 bits per heavy atom. The van der Waals surface area contributed by atoms with Gasteiger partial charge in [0.15, 0.2) is 5.96 Å². The van der Waals surface area contributed by atoms with E-state index in [1.165, 1.54) is 30.0 Å². The Bertz CT molecular complexity index is 713. The fourth-order valence-corrected chi connectivity index (χ4v) is 4.05. The lowest BCUT2D eigenvalue weighted by atomic mass is 10.2. The number of aryl methyl sites for hydroxylation is 2. The highest BCUT2D eigenvalue weighted by molar-refractivity contribution is 7.99. The number of guanidine groups is 1. The molecule has 2 N–H and O–H groups in total. The Morgan fingerprint density at radius 3 is 2.81 bits per heavy atom. The van der Waals surface area contributed by atoms with Crippen LogP contribution in [0.4, 0.5) is 0 Å². The van der Waals surface area contributed by atoms with Crippen LogP contribution in [0, 0.1) is 0 Å². The third-order valence-electron chi connectivity index (χ3n) is 4.69. The van der Waals surface area contributed by atoms with Crippen molar-refractivity contribution < 1.29 is 0 Å². The van der Waals surface area contributed by atoms with Gasteiger partial charge in [-0.05, 0) is 31.4 Å². The second-order valence-corrected chi connectivity index (χ2v) is 7.85. The molecule has 1 aromatic carbocycles. The summed E-state index contributed by atoms with van der Waals surface area (Å²) in [7, 11) is 1.82. The van der Waals surface area contributed by atoms with Crippen molar-refractivity contribution in [3.05, 3.63) is 42.0 Å². The third kappa shape index (κ3) is 6.27. The van der Waals surface area contributed by atoms with Gasteiger partial charge in [-0.2, -0.15) is 0 Å². The number of hydrogen-bond donors (Lipinski definition) is 2. The molecule has 1 aliphatic rings. The Labute approximate surface area is 166 Å². The molecule has 0 saturated carbocycles. The van der Waals surface area contributed by atoms with Crippen LogP contribution in [0.5, 0.6) is 0 Å². The number of aliphatic imine (C=N–C) groups is 1. The fourth-order valence-electron chi connectivity index (χ4n) is 3.26. The molecule has 0 atom stereocenters.